The van der Waals surface area contributed by atoms with Gasteiger partial charge in [0.1, 0.15) is 0 Å². The van der Waals surface area contributed by atoms with Crippen LogP contribution in [-0.4, -0.2) is 63.6 Å². The van der Waals surface area contributed by atoms with Crippen molar-refractivity contribution in [3.8, 4) is 0 Å². The summed E-state index contributed by atoms with van der Waals surface area (Å²) < 4.78 is 29.5. The van der Waals surface area contributed by atoms with Crippen LogP contribution >= 0.6 is 0 Å². The third-order valence-corrected chi connectivity index (χ3v) is 6.78. The molecule has 2 fully saturated rings. The van der Waals surface area contributed by atoms with Crippen molar-refractivity contribution in [3.63, 3.8) is 0 Å². The van der Waals surface area contributed by atoms with Gasteiger partial charge in [-0.3, -0.25) is 9.59 Å². The van der Waals surface area contributed by atoms with E-state index in [1.54, 1.807) is 0 Å². The van der Waals surface area contributed by atoms with Crippen LogP contribution in [0.4, 0.5) is 11.4 Å². The van der Waals surface area contributed by atoms with Crippen LogP contribution in [0.1, 0.15) is 32.1 Å². The minimum Gasteiger partial charge on any atom is -0.455 e. The molecule has 0 atom stereocenters. The van der Waals surface area contributed by atoms with Gasteiger partial charge in [-0.1, -0.05) is 0 Å². The summed E-state index contributed by atoms with van der Waals surface area (Å²) in [5.41, 5.74) is 1.81. The average molecular weight is 424 g/mol. The first-order valence-electron chi connectivity index (χ1n) is 10.1. The van der Waals surface area contributed by atoms with E-state index < -0.39 is 21.9 Å². The molecule has 1 aromatic carbocycles. The summed E-state index contributed by atoms with van der Waals surface area (Å²) in [5.74, 6) is -1.21. The first-order valence-corrected chi connectivity index (χ1v) is 11.9. The van der Waals surface area contributed by atoms with E-state index in [1.165, 1.54) is 23.6 Å². The highest BCUT2D eigenvalue weighted by Crippen LogP contribution is 2.22. The first kappa shape index (κ1) is 21.6. The maximum Gasteiger partial charge on any atom is 0.309 e. The van der Waals surface area contributed by atoms with Gasteiger partial charge in [-0.2, -0.15) is 0 Å². The fraction of sp³-hybridized carbons (Fsp3) is 0.600. The van der Waals surface area contributed by atoms with Gasteiger partial charge in [-0.05, 0) is 56.4 Å². The van der Waals surface area contributed by atoms with Crippen LogP contribution in [-0.2, 0) is 24.3 Å². The highest BCUT2D eigenvalue weighted by molar-refractivity contribution is 7.88. The topological polar surface area (TPSA) is 96.0 Å². The number of piperidine rings is 2. The zero-order chi connectivity index (χ0) is 20.9. The fourth-order valence-electron chi connectivity index (χ4n) is 3.78. The lowest BCUT2D eigenvalue weighted by atomic mass is 9.98. The molecule has 0 aromatic heterocycles. The maximum atomic E-state index is 12.2. The summed E-state index contributed by atoms with van der Waals surface area (Å²) in [5, 5.41) is 2.74. The Bertz CT molecular complexity index is 811. The molecule has 9 heteroatoms. The van der Waals surface area contributed by atoms with Crippen molar-refractivity contribution in [2.24, 2.45) is 5.92 Å². The highest BCUT2D eigenvalue weighted by Gasteiger charge is 2.30. The van der Waals surface area contributed by atoms with Gasteiger partial charge < -0.3 is 15.0 Å². The molecule has 0 saturated carbocycles. The van der Waals surface area contributed by atoms with Crippen molar-refractivity contribution < 1.29 is 22.7 Å². The molecule has 1 amide bonds. The Labute approximate surface area is 172 Å². The Hall–Kier alpha value is -2.13. The minimum absolute atomic E-state index is 0.300. The maximum absolute atomic E-state index is 12.2. The lowest BCUT2D eigenvalue weighted by Crippen LogP contribution is -2.40. The van der Waals surface area contributed by atoms with Crippen LogP contribution in [0.15, 0.2) is 24.3 Å². The molecular formula is C20H29N3O5S. The number of ether oxygens (including phenoxy) is 1. The average Bonchev–Trinajstić information content (AvgIpc) is 2.73. The molecule has 0 unspecified atom stereocenters. The van der Waals surface area contributed by atoms with E-state index in [0.717, 1.165) is 25.0 Å². The third-order valence-electron chi connectivity index (χ3n) is 5.47. The van der Waals surface area contributed by atoms with Crippen molar-refractivity contribution in [2.75, 3.05) is 49.3 Å². The van der Waals surface area contributed by atoms with Gasteiger partial charge in [0.25, 0.3) is 5.91 Å². The Morgan fingerprint density at radius 1 is 1.03 bits per heavy atom. The normalized spacial score (nSPS) is 19.0. The number of nitrogens with zero attached hydrogens (tertiary/aromatic N) is 2. The van der Waals surface area contributed by atoms with E-state index in [-0.39, 0.29) is 12.5 Å². The molecule has 0 bridgehead atoms. The van der Waals surface area contributed by atoms with Gasteiger partial charge in [0, 0.05) is 37.6 Å². The number of anilines is 2. The minimum atomic E-state index is -3.23. The van der Waals surface area contributed by atoms with Crippen molar-refractivity contribution in [1.82, 2.24) is 4.31 Å². The van der Waals surface area contributed by atoms with Gasteiger partial charge in [-0.15, -0.1) is 0 Å². The summed E-state index contributed by atoms with van der Waals surface area (Å²) in [6, 6.07) is 7.68. The molecule has 0 spiro atoms. The molecule has 1 N–H and O–H groups in total. The number of rotatable bonds is 6. The summed E-state index contributed by atoms with van der Waals surface area (Å²) in [7, 11) is -3.23. The van der Waals surface area contributed by atoms with E-state index >= 15 is 0 Å². The second-order valence-electron chi connectivity index (χ2n) is 7.69. The zero-order valence-electron chi connectivity index (χ0n) is 16.8. The molecule has 2 heterocycles. The van der Waals surface area contributed by atoms with Gasteiger partial charge in [0.15, 0.2) is 6.61 Å². The summed E-state index contributed by atoms with van der Waals surface area (Å²) in [6.07, 6.45) is 5.67. The SMILES string of the molecule is CS(=O)(=O)N1CCC(C(=O)OCC(=O)Nc2ccc(N3CCCCC3)cc2)CC1. The van der Waals surface area contributed by atoms with Gasteiger partial charge in [0.2, 0.25) is 10.0 Å². The van der Waals surface area contributed by atoms with E-state index in [2.05, 4.69) is 10.2 Å². The molecule has 2 saturated heterocycles. The number of sulfonamides is 1. The van der Waals surface area contributed by atoms with Crippen LogP contribution < -0.4 is 10.2 Å². The number of hydrogen-bond donors (Lipinski definition) is 1. The molecule has 2 aliphatic heterocycles. The zero-order valence-corrected chi connectivity index (χ0v) is 17.6. The van der Waals surface area contributed by atoms with Crippen LogP contribution in [0, 0.1) is 5.92 Å². The van der Waals surface area contributed by atoms with Crippen LogP contribution in [0.2, 0.25) is 0 Å². The Morgan fingerprint density at radius 2 is 1.66 bits per heavy atom. The van der Waals surface area contributed by atoms with Crippen LogP contribution in [0.25, 0.3) is 0 Å². The van der Waals surface area contributed by atoms with Gasteiger partial charge in [-0.25, -0.2) is 12.7 Å². The molecule has 29 heavy (non-hydrogen) atoms. The van der Waals surface area contributed by atoms with Crippen LogP contribution in [0.5, 0.6) is 0 Å². The summed E-state index contributed by atoms with van der Waals surface area (Å²) in [6.45, 7) is 2.37. The quantitative estimate of drug-likeness (QED) is 0.702. The lowest BCUT2D eigenvalue weighted by molar-refractivity contribution is -0.152. The lowest BCUT2D eigenvalue weighted by Gasteiger charge is -2.29. The number of carbonyl (C=O) groups is 2. The number of benzene rings is 1. The molecule has 8 nitrogen and oxygen atoms in total. The number of hydrogen-bond acceptors (Lipinski definition) is 6. The smallest absolute Gasteiger partial charge is 0.309 e. The molecule has 3 rings (SSSR count). The fourth-order valence-corrected chi connectivity index (χ4v) is 4.66. The molecule has 2 aliphatic rings. The first-order chi connectivity index (χ1) is 13.8. The largest absolute Gasteiger partial charge is 0.455 e. The molecular weight excluding hydrogens is 394 g/mol. The number of nitrogens with one attached hydrogen (secondary N) is 1. The van der Waals surface area contributed by atoms with E-state index in [0.29, 0.717) is 31.6 Å². The Kier molecular flexibility index (Phi) is 7.13. The monoisotopic (exact) mass is 423 g/mol. The second-order valence-corrected chi connectivity index (χ2v) is 9.67. The number of amides is 1. The molecule has 1 aromatic rings. The van der Waals surface area contributed by atoms with Crippen LogP contribution in [0.3, 0.4) is 0 Å². The summed E-state index contributed by atoms with van der Waals surface area (Å²) >= 11 is 0. The van der Waals surface area contributed by atoms with E-state index in [1.807, 2.05) is 24.3 Å². The predicted molar refractivity (Wildman–Crippen MR) is 111 cm³/mol. The van der Waals surface area contributed by atoms with Crippen molar-refractivity contribution in [2.45, 2.75) is 32.1 Å². The summed E-state index contributed by atoms with van der Waals surface area (Å²) in [4.78, 5) is 26.6. The number of carbonyl (C=O) groups excluding carboxylic acids is 2. The standard InChI is InChI=1S/C20H29N3O5S/c1-29(26,27)23-13-9-16(10-14-23)20(25)28-15-19(24)21-17-5-7-18(8-6-17)22-11-3-2-4-12-22/h5-8,16H,2-4,9-15H2,1H3,(H,21,24). The van der Waals surface area contributed by atoms with Gasteiger partial charge in [0.05, 0.1) is 12.2 Å². The molecule has 0 aliphatic carbocycles. The van der Waals surface area contributed by atoms with Crippen molar-refractivity contribution in [1.29, 1.82) is 0 Å². The molecule has 160 valence electrons. The Morgan fingerprint density at radius 3 is 2.24 bits per heavy atom. The van der Waals surface area contributed by atoms with E-state index in [9.17, 15) is 18.0 Å². The van der Waals surface area contributed by atoms with Gasteiger partial charge >= 0.3 is 5.97 Å². The van der Waals surface area contributed by atoms with Crippen molar-refractivity contribution >= 4 is 33.3 Å². The van der Waals surface area contributed by atoms with E-state index in [4.69, 9.17) is 4.74 Å². The Balaban J connectivity index is 1.41. The highest BCUT2D eigenvalue weighted by atomic mass is 32.2. The number of esters is 1. The van der Waals surface area contributed by atoms with Crippen molar-refractivity contribution in [3.05, 3.63) is 24.3 Å². The predicted octanol–water partition coefficient (Wildman–Crippen LogP) is 1.83. The third kappa shape index (κ3) is 6.17. The second kappa shape index (κ2) is 9.58. The molecule has 0 radical (unpaired) electrons.